The molecule has 2 heterocycles. The van der Waals surface area contributed by atoms with Crippen molar-refractivity contribution in [2.45, 2.75) is 0 Å². The van der Waals surface area contributed by atoms with E-state index in [9.17, 15) is 18.0 Å². The summed E-state index contributed by atoms with van der Waals surface area (Å²) in [6.07, 6.45) is 2.51. The normalized spacial score (nSPS) is 11.0. The van der Waals surface area contributed by atoms with Crippen LogP contribution in [-0.2, 0) is 0 Å². The van der Waals surface area contributed by atoms with Gasteiger partial charge >= 0.3 is 0 Å². The molecule has 4 aromatic rings. The highest BCUT2D eigenvalue weighted by Gasteiger charge is 2.25. The van der Waals surface area contributed by atoms with Gasteiger partial charge in [-0.05, 0) is 30.3 Å². The Labute approximate surface area is 156 Å². The number of aromatic amines is 1. The first kappa shape index (κ1) is 17.5. The smallest absolute Gasteiger partial charge is 0.201 e. The fourth-order valence-electron chi connectivity index (χ4n) is 2.85. The number of benzene rings is 2. The van der Waals surface area contributed by atoms with Crippen LogP contribution in [0.2, 0.25) is 0 Å². The lowest BCUT2D eigenvalue weighted by Crippen LogP contribution is -2.10. The molecule has 0 bridgehead atoms. The molecule has 0 spiro atoms. The largest absolute Gasteiger partial charge is 0.396 e. The van der Waals surface area contributed by atoms with Crippen molar-refractivity contribution >= 4 is 34.0 Å². The molecule has 4 rings (SSSR count). The first-order valence-corrected chi connectivity index (χ1v) is 8.08. The number of hydrogen-bond donors (Lipinski definition) is 3. The number of carbonyl (C=O) groups excluding carboxylic acids is 1. The van der Waals surface area contributed by atoms with Gasteiger partial charge in [0.1, 0.15) is 29.4 Å². The van der Waals surface area contributed by atoms with Gasteiger partial charge in [0.2, 0.25) is 5.78 Å². The Morgan fingerprint density at radius 3 is 2.71 bits per heavy atom. The molecule has 2 aromatic carbocycles. The number of fused-ring (bicyclic) bond motifs is 1. The van der Waals surface area contributed by atoms with E-state index in [1.54, 1.807) is 6.07 Å². The Kier molecular flexibility index (Phi) is 4.19. The van der Waals surface area contributed by atoms with Crippen LogP contribution >= 0.6 is 0 Å². The van der Waals surface area contributed by atoms with Crippen LogP contribution in [0.25, 0.3) is 11.0 Å². The number of halogens is 3. The second kappa shape index (κ2) is 6.69. The van der Waals surface area contributed by atoms with Gasteiger partial charge in [0, 0.05) is 11.9 Å². The predicted octanol–water partition coefficient (Wildman–Crippen LogP) is 3.93. The standard InChI is InChI=1S/C19H12F3N5O/c20-9-2-1-3-10(6-9)27-19-14-11(7-24-18(14)25-8-26-19)17(28)15-12(21)4-5-13(23)16(15)22/h1-8H,23H2,(H2,24,25,26,27). The molecule has 0 saturated carbocycles. The van der Waals surface area contributed by atoms with Gasteiger partial charge < -0.3 is 16.0 Å². The molecular weight excluding hydrogens is 371 g/mol. The van der Waals surface area contributed by atoms with Crippen LogP contribution in [0.1, 0.15) is 15.9 Å². The van der Waals surface area contributed by atoms with Crippen molar-refractivity contribution in [2.75, 3.05) is 11.1 Å². The minimum Gasteiger partial charge on any atom is -0.396 e. The number of hydrogen-bond acceptors (Lipinski definition) is 5. The molecule has 0 amide bonds. The fraction of sp³-hybridized carbons (Fsp3) is 0. The van der Waals surface area contributed by atoms with E-state index in [1.807, 2.05) is 0 Å². The Hall–Kier alpha value is -3.88. The molecule has 28 heavy (non-hydrogen) atoms. The summed E-state index contributed by atoms with van der Waals surface area (Å²) in [5.41, 5.74) is 4.92. The highest BCUT2D eigenvalue weighted by molar-refractivity contribution is 6.18. The average Bonchev–Trinajstić information content (AvgIpc) is 3.10. The van der Waals surface area contributed by atoms with Gasteiger partial charge in [-0.2, -0.15) is 0 Å². The molecular formula is C19H12F3N5O. The van der Waals surface area contributed by atoms with Gasteiger partial charge in [-0.3, -0.25) is 4.79 Å². The molecule has 140 valence electrons. The Morgan fingerprint density at radius 2 is 1.93 bits per heavy atom. The van der Waals surface area contributed by atoms with Crippen molar-refractivity contribution in [1.29, 1.82) is 0 Å². The molecule has 0 saturated heterocycles. The van der Waals surface area contributed by atoms with Crippen molar-refractivity contribution in [2.24, 2.45) is 0 Å². The maximum Gasteiger partial charge on any atom is 0.201 e. The van der Waals surface area contributed by atoms with Gasteiger partial charge in [-0.15, -0.1) is 0 Å². The highest BCUT2D eigenvalue weighted by Crippen LogP contribution is 2.30. The summed E-state index contributed by atoms with van der Waals surface area (Å²) in [7, 11) is 0. The SMILES string of the molecule is Nc1ccc(F)c(C(=O)c2c[nH]c3ncnc(Nc4cccc(F)c4)c23)c1F. The lowest BCUT2D eigenvalue weighted by Gasteiger charge is -2.09. The zero-order chi connectivity index (χ0) is 19.8. The maximum atomic E-state index is 14.3. The third-order valence-corrected chi connectivity index (χ3v) is 4.15. The Bertz CT molecular complexity index is 1220. The molecule has 0 aliphatic heterocycles. The number of carbonyl (C=O) groups is 1. The second-order valence-electron chi connectivity index (χ2n) is 5.94. The third-order valence-electron chi connectivity index (χ3n) is 4.15. The number of nitrogens with zero attached hydrogens (tertiary/aromatic N) is 2. The number of nitrogens with one attached hydrogen (secondary N) is 2. The average molecular weight is 383 g/mol. The van der Waals surface area contributed by atoms with Crippen LogP contribution in [0.5, 0.6) is 0 Å². The number of rotatable bonds is 4. The Balaban J connectivity index is 1.85. The van der Waals surface area contributed by atoms with Crippen molar-refractivity contribution < 1.29 is 18.0 Å². The first-order valence-electron chi connectivity index (χ1n) is 8.08. The van der Waals surface area contributed by atoms with Gasteiger partial charge in [0.05, 0.1) is 22.2 Å². The quantitative estimate of drug-likeness (QED) is 0.366. The van der Waals surface area contributed by atoms with Crippen LogP contribution in [-0.4, -0.2) is 20.7 Å². The molecule has 2 aromatic heterocycles. The van der Waals surface area contributed by atoms with Gasteiger partial charge in [0.25, 0.3) is 0 Å². The van der Waals surface area contributed by atoms with Crippen molar-refractivity contribution in [3.05, 3.63) is 77.5 Å². The van der Waals surface area contributed by atoms with Crippen LogP contribution in [0.4, 0.5) is 30.4 Å². The van der Waals surface area contributed by atoms with Crippen LogP contribution in [0.3, 0.4) is 0 Å². The van der Waals surface area contributed by atoms with E-state index < -0.39 is 28.8 Å². The van der Waals surface area contributed by atoms with Crippen molar-refractivity contribution in [3.8, 4) is 0 Å². The summed E-state index contributed by atoms with van der Waals surface area (Å²) in [5, 5.41) is 3.09. The van der Waals surface area contributed by atoms with E-state index in [4.69, 9.17) is 5.73 Å². The zero-order valence-corrected chi connectivity index (χ0v) is 14.1. The lowest BCUT2D eigenvalue weighted by molar-refractivity contribution is 0.103. The molecule has 9 heteroatoms. The van der Waals surface area contributed by atoms with E-state index in [0.717, 1.165) is 12.1 Å². The number of nitrogen functional groups attached to an aromatic ring is 1. The molecule has 6 nitrogen and oxygen atoms in total. The first-order chi connectivity index (χ1) is 13.5. The molecule has 0 unspecified atom stereocenters. The number of nitrogens with two attached hydrogens (primary N) is 1. The summed E-state index contributed by atoms with van der Waals surface area (Å²) >= 11 is 0. The van der Waals surface area contributed by atoms with Crippen LogP contribution in [0.15, 0.2) is 48.9 Å². The summed E-state index contributed by atoms with van der Waals surface area (Å²) < 4.78 is 41.9. The highest BCUT2D eigenvalue weighted by atomic mass is 19.1. The molecule has 0 atom stereocenters. The molecule has 4 N–H and O–H groups in total. The Morgan fingerprint density at radius 1 is 1.11 bits per heavy atom. The van der Waals surface area contributed by atoms with Gasteiger partial charge in [0.15, 0.2) is 5.82 Å². The summed E-state index contributed by atoms with van der Waals surface area (Å²) in [4.78, 5) is 23.7. The topological polar surface area (TPSA) is 96.7 Å². The molecule has 0 aliphatic carbocycles. The fourth-order valence-corrected chi connectivity index (χ4v) is 2.85. The van der Waals surface area contributed by atoms with Crippen LogP contribution in [0, 0.1) is 17.5 Å². The van der Waals surface area contributed by atoms with E-state index in [-0.39, 0.29) is 28.1 Å². The number of ketones is 1. The van der Waals surface area contributed by atoms with Crippen molar-refractivity contribution in [3.63, 3.8) is 0 Å². The third kappa shape index (κ3) is 2.92. The van der Waals surface area contributed by atoms with E-state index in [2.05, 4.69) is 20.3 Å². The number of aromatic nitrogens is 3. The predicted molar refractivity (Wildman–Crippen MR) is 97.8 cm³/mol. The molecule has 0 fully saturated rings. The monoisotopic (exact) mass is 383 g/mol. The number of anilines is 3. The molecule has 0 radical (unpaired) electrons. The summed E-state index contributed by atoms with van der Waals surface area (Å²) in [5.74, 6) is -3.40. The van der Waals surface area contributed by atoms with Crippen LogP contribution < -0.4 is 11.1 Å². The van der Waals surface area contributed by atoms with E-state index >= 15 is 0 Å². The molecule has 0 aliphatic rings. The van der Waals surface area contributed by atoms with Gasteiger partial charge in [-0.1, -0.05) is 6.07 Å². The maximum absolute atomic E-state index is 14.3. The van der Waals surface area contributed by atoms with Crippen molar-refractivity contribution in [1.82, 2.24) is 15.0 Å². The van der Waals surface area contributed by atoms with E-state index in [1.165, 1.54) is 30.7 Å². The summed E-state index contributed by atoms with van der Waals surface area (Å²) in [6.45, 7) is 0. The van der Waals surface area contributed by atoms with Gasteiger partial charge in [-0.25, -0.2) is 23.1 Å². The summed E-state index contributed by atoms with van der Waals surface area (Å²) in [6, 6.07) is 7.56. The minimum atomic E-state index is -1.14. The zero-order valence-electron chi connectivity index (χ0n) is 14.1. The van der Waals surface area contributed by atoms with E-state index in [0.29, 0.717) is 5.69 Å². The number of H-pyrrole nitrogens is 1. The lowest BCUT2D eigenvalue weighted by atomic mass is 10.0. The minimum absolute atomic E-state index is 0.0575. The second-order valence-corrected chi connectivity index (χ2v) is 5.94.